The minimum Gasteiger partial charge on any atom is -0.444 e. The number of halogens is 2. The van der Waals surface area contributed by atoms with Gasteiger partial charge in [0.1, 0.15) is 11.6 Å². The van der Waals surface area contributed by atoms with Crippen molar-refractivity contribution in [2.24, 2.45) is 5.92 Å². The summed E-state index contributed by atoms with van der Waals surface area (Å²) in [7, 11) is 1.77. The normalized spacial score (nSPS) is 24.6. The van der Waals surface area contributed by atoms with Gasteiger partial charge in [0, 0.05) is 52.4 Å². The number of para-hydroxylation sites is 1. The van der Waals surface area contributed by atoms with Crippen LogP contribution in [-0.2, 0) is 14.3 Å². The number of aliphatic hydroxyl groups excluding tert-OH is 1. The Morgan fingerprint density at radius 1 is 1.10 bits per heavy atom. The molecule has 13 nitrogen and oxygen atoms in total. The van der Waals surface area contributed by atoms with Gasteiger partial charge in [0.2, 0.25) is 18.2 Å². The zero-order valence-electron chi connectivity index (χ0n) is 29.7. The second kappa shape index (κ2) is 15.1. The number of benzene rings is 1. The Kier molecular flexibility index (Phi) is 10.9. The van der Waals surface area contributed by atoms with E-state index in [1.165, 1.54) is 6.20 Å². The van der Waals surface area contributed by atoms with Crippen molar-refractivity contribution < 1.29 is 33.0 Å². The predicted molar refractivity (Wildman–Crippen MR) is 187 cm³/mol. The van der Waals surface area contributed by atoms with Crippen molar-refractivity contribution in [3.8, 4) is 11.8 Å². The third-order valence-electron chi connectivity index (χ3n) is 10.1. The van der Waals surface area contributed by atoms with Crippen molar-refractivity contribution in [2.45, 2.75) is 89.8 Å². The summed E-state index contributed by atoms with van der Waals surface area (Å²) in [4.78, 5) is 44.7. The molecule has 1 aromatic carbocycles. The van der Waals surface area contributed by atoms with Gasteiger partial charge < -0.3 is 24.5 Å². The molecule has 0 radical (unpaired) electrons. The second-order valence-corrected chi connectivity index (χ2v) is 14.9. The summed E-state index contributed by atoms with van der Waals surface area (Å²) in [5, 5.41) is 20.0. The van der Waals surface area contributed by atoms with Gasteiger partial charge in [0.15, 0.2) is 5.69 Å². The van der Waals surface area contributed by atoms with Gasteiger partial charge in [-0.1, -0.05) is 17.9 Å². The van der Waals surface area contributed by atoms with Crippen molar-refractivity contribution in [1.29, 1.82) is 0 Å². The molecule has 0 spiro atoms. The molecule has 2 aromatic rings. The number of hydrogen-bond acceptors (Lipinski definition) is 10. The van der Waals surface area contributed by atoms with Crippen LogP contribution in [-0.4, -0.2) is 107 Å². The number of carbonyl (C=O) groups is 3. The SMILES string of the molecule is CN1c2c(C#CCN3CCN(C[C@H]4CC[C@H](n5cc(NC(=O)OC(C)(C)C)c(C(F)F)n5)CC4)CC3)cccc2N(C2CCC(=O)NC2=O)C1O. The molecule has 0 bridgehead atoms. The highest BCUT2D eigenvalue weighted by molar-refractivity contribution is 6.02. The Labute approximate surface area is 297 Å². The minimum absolute atomic E-state index is 0.00207. The highest BCUT2D eigenvalue weighted by Gasteiger charge is 2.42. The molecule has 2 saturated heterocycles. The lowest BCUT2D eigenvalue weighted by molar-refractivity contribution is -0.134. The smallest absolute Gasteiger partial charge is 0.412 e. The zero-order chi connectivity index (χ0) is 36.4. The summed E-state index contributed by atoms with van der Waals surface area (Å²) in [5.74, 6) is 6.43. The van der Waals surface area contributed by atoms with E-state index in [9.17, 15) is 28.3 Å². The molecule has 276 valence electrons. The minimum atomic E-state index is -2.82. The van der Waals surface area contributed by atoms with Crippen LogP contribution >= 0.6 is 0 Å². The number of piperazine rings is 1. The number of nitrogens with one attached hydrogen (secondary N) is 2. The highest BCUT2D eigenvalue weighted by atomic mass is 19.3. The fourth-order valence-electron chi connectivity index (χ4n) is 7.51. The van der Waals surface area contributed by atoms with Crippen LogP contribution in [0.3, 0.4) is 0 Å². The van der Waals surface area contributed by atoms with E-state index in [1.807, 2.05) is 18.2 Å². The number of hydrogen-bond donors (Lipinski definition) is 3. The number of rotatable bonds is 7. The molecule has 1 saturated carbocycles. The van der Waals surface area contributed by atoms with Gasteiger partial charge >= 0.3 is 6.09 Å². The van der Waals surface area contributed by atoms with Gasteiger partial charge in [-0.05, 0) is 70.9 Å². The van der Waals surface area contributed by atoms with Crippen LogP contribution in [0, 0.1) is 17.8 Å². The molecule has 3 N–H and O–H groups in total. The van der Waals surface area contributed by atoms with E-state index in [0.717, 1.165) is 75.3 Å². The van der Waals surface area contributed by atoms with Crippen molar-refractivity contribution in [3.63, 3.8) is 0 Å². The lowest BCUT2D eigenvalue weighted by Gasteiger charge is -2.37. The molecule has 1 aliphatic carbocycles. The Balaban J connectivity index is 0.972. The van der Waals surface area contributed by atoms with Crippen molar-refractivity contribution in [2.75, 3.05) is 61.4 Å². The van der Waals surface area contributed by atoms with Gasteiger partial charge in [-0.3, -0.25) is 29.8 Å². The number of ether oxygens (including phenoxy) is 1. The summed E-state index contributed by atoms with van der Waals surface area (Å²) in [6, 6.07) is 5.01. The van der Waals surface area contributed by atoms with Crippen LogP contribution in [0.1, 0.15) is 83.0 Å². The Morgan fingerprint density at radius 3 is 2.47 bits per heavy atom. The molecule has 3 amide bonds. The van der Waals surface area contributed by atoms with Gasteiger partial charge in [0.25, 0.3) is 6.43 Å². The number of nitrogens with zero attached hydrogens (tertiary/aromatic N) is 6. The summed E-state index contributed by atoms with van der Waals surface area (Å²) in [6.07, 6.45) is 1.03. The number of fused-ring (bicyclic) bond motifs is 1. The first-order valence-electron chi connectivity index (χ1n) is 17.7. The van der Waals surface area contributed by atoms with E-state index < -0.39 is 42.1 Å². The number of imide groups is 1. The van der Waals surface area contributed by atoms with Gasteiger partial charge in [-0.2, -0.15) is 5.10 Å². The average Bonchev–Trinajstić information content (AvgIpc) is 3.60. The molecular weight excluding hydrogens is 662 g/mol. The van der Waals surface area contributed by atoms with E-state index >= 15 is 0 Å². The van der Waals surface area contributed by atoms with E-state index in [-0.39, 0.29) is 24.1 Å². The maximum absolute atomic E-state index is 13.7. The van der Waals surface area contributed by atoms with Crippen molar-refractivity contribution in [1.82, 2.24) is 24.9 Å². The van der Waals surface area contributed by atoms with Gasteiger partial charge in [-0.25, -0.2) is 13.6 Å². The summed E-state index contributed by atoms with van der Waals surface area (Å²) < 4.78 is 34.3. The Hall–Kier alpha value is -4.26. The lowest BCUT2D eigenvalue weighted by Crippen LogP contribution is -2.56. The number of alkyl halides is 2. The van der Waals surface area contributed by atoms with Gasteiger partial charge in [0.05, 0.1) is 35.2 Å². The summed E-state index contributed by atoms with van der Waals surface area (Å²) >= 11 is 0. The fraction of sp³-hybridized carbons (Fsp3) is 0.611. The molecule has 51 heavy (non-hydrogen) atoms. The van der Waals surface area contributed by atoms with Crippen LogP contribution in [0.25, 0.3) is 0 Å². The summed E-state index contributed by atoms with van der Waals surface area (Å²) in [5.41, 5.74) is 1.05. The van der Waals surface area contributed by atoms with Crippen LogP contribution < -0.4 is 20.4 Å². The molecule has 6 rings (SSSR count). The topological polar surface area (TPSA) is 136 Å². The van der Waals surface area contributed by atoms with Crippen LogP contribution in [0.2, 0.25) is 0 Å². The Morgan fingerprint density at radius 2 is 1.80 bits per heavy atom. The molecule has 2 atom stereocenters. The second-order valence-electron chi connectivity index (χ2n) is 14.9. The third kappa shape index (κ3) is 8.45. The van der Waals surface area contributed by atoms with E-state index in [1.54, 1.807) is 42.3 Å². The molecule has 4 heterocycles. The first-order chi connectivity index (χ1) is 24.3. The lowest BCUT2D eigenvalue weighted by atomic mass is 9.85. The van der Waals surface area contributed by atoms with Crippen LogP contribution in [0.4, 0.5) is 30.6 Å². The average molecular weight is 711 g/mol. The molecule has 1 aromatic heterocycles. The first kappa shape index (κ1) is 36.5. The fourth-order valence-corrected chi connectivity index (χ4v) is 7.51. The Bertz CT molecular complexity index is 1670. The first-order valence-corrected chi connectivity index (χ1v) is 17.7. The molecular formula is C36H48F2N8O5. The number of aliphatic hydroxyl groups is 1. The molecule has 15 heteroatoms. The number of amides is 3. The number of carbonyl (C=O) groups excluding carboxylic acids is 3. The van der Waals surface area contributed by atoms with Gasteiger partial charge in [-0.15, -0.1) is 0 Å². The largest absolute Gasteiger partial charge is 0.444 e. The number of aromatic nitrogens is 2. The third-order valence-corrected chi connectivity index (χ3v) is 10.1. The highest BCUT2D eigenvalue weighted by Crippen LogP contribution is 2.42. The van der Waals surface area contributed by atoms with Crippen LogP contribution in [0.5, 0.6) is 0 Å². The molecule has 3 fully saturated rings. The quantitative estimate of drug-likeness (QED) is 0.287. The predicted octanol–water partition coefficient (Wildman–Crippen LogP) is 3.91. The molecule has 4 aliphatic rings. The summed E-state index contributed by atoms with van der Waals surface area (Å²) in [6.45, 7) is 10.4. The maximum atomic E-state index is 13.7. The zero-order valence-corrected chi connectivity index (χ0v) is 29.7. The van der Waals surface area contributed by atoms with E-state index in [0.29, 0.717) is 18.9 Å². The van der Waals surface area contributed by atoms with Crippen molar-refractivity contribution >= 4 is 35.0 Å². The number of anilines is 3. The number of piperidine rings is 1. The van der Waals surface area contributed by atoms with Crippen molar-refractivity contribution in [3.05, 3.63) is 35.7 Å². The van der Waals surface area contributed by atoms with E-state index in [2.05, 4.69) is 37.4 Å². The maximum Gasteiger partial charge on any atom is 0.412 e. The van der Waals surface area contributed by atoms with Crippen LogP contribution in [0.15, 0.2) is 24.4 Å². The molecule has 2 unspecified atom stereocenters. The standard InChI is InChI=1S/C36H48F2N8O5/c1-36(2,3)51-34(49)39-26-22-45(41-30(26)32(37)38)25-12-10-23(11-13-25)21-44-19-17-43(18-20-44)16-6-8-24-7-5-9-27-31(24)42(4)35(50)46(27)28-14-15-29(47)40-33(28)48/h5,7,9,22-23,25,28,32,35,50H,10-21H2,1-4H3,(H,39,49)(H,40,47,48)/t23-,25-,28?,35?. The molecule has 3 aliphatic heterocycles. The van der Waals surface area contributed by atoms with E-state index in [4.69, 9.17) is 4.74 Å². The monoisotopic (exact) mass is 710 g/mol.